The van der Waals surface area contributed by atoms with Crippen molar-refractivity contribution in [2.75, 3.05) is 6.61 Å². The summed E-state index contributed by atoms with van der Waals surface area (Å²) < 4.78 is 5.19. The van der Waals surface area contributed by atoms with Crippen LogP contribution in [0.2, 0.25) is 0 Å². The van der Waals surface area contributed by atoms with Gasteiger partial charge in [0.05, 0.1) is 6.61 Å². The number of hydrogen-bond acceptors (Lipinski definition) is 3. The molecule has 1 N–H and O–H groups in total. The number of carbonyl (C=O) groups is 2. The van der Waals surface area contributed by atoms with E-state index >= 15 is 0 Å². The van der Waals surface area contributed by atoms with Crippen LogP contribution in [0.5, 0.6) is 0 Å². The van der Waals surface area contributed by atoms with E-state index in [9.17, 15) is 9.59 Å². The van der Waals surface area contributed by atoms with E-state index in [-0.39, 0.29) is 12.4 Å². The topological polar surface area (TPSA) is 63.6 Å². The Bertz CT molecular complexity index is 524. The highest BCUT2D eigenvalue weighted by Crippen LogP contribution is 2.35. The van der Waals surface area contributed by atoms with Crippen LogP contribution in [-0.2, 0) is 27.2 Å². The molecule has 22 heavy (non-hydrogen) atoms. The molecule has 0 amide bonds. The number of esters is 1. The van der Waals surface area contributed by atoms with E-state index in [4.69, 9.17) is 9.84 Å². The SMILES string of the molecule is CC(=O)OCC1CCCC1Cc1ccccc1CCC(=O)O. The van der Waals surface area contributed by atoms with Gasteiger partial charge in [-0.2, -0.15) is 0 Å². The zero-order valence-electron chi connectivity index (χ0n) is 13.1. The van der Waals surface area contributed by atoms with Gasteiger partial charge in [-0.1, -0.05) is 30.7 Å². The Morgan fingerprint density at radius 2 is 1.86 bits per heavy atom. The first-order valence-electron chi connectivity index (χ1n) is 7.98. The molecule has 2 unspecified atom stereocenters. The Morgan fingerprint density at radius 3 is 2.55 bits per heavy atom. The van der Waals surface area contributed by atoms with Crippen LogP contribution in [0.15, 0.2) is 24.3 Å². The summed E-state index contributed by atoms with van der Waals surface area (Å²) in [5, 5.41) is 8.87. The molecule has 0 heterocycles. The van der Waals surface area contributed by atoms with Crippen molar-refractivity contribution in [3.05, 3.63) is 35.4 Å². The van der Waals surface area contributed by atoms with Gasteiger partial charge in [0.15, 0.2) is 0 Å². The second kappa shape index (κ2) is 7.97. The molecule has 0 spiro atoms. The van der Waals surface area contributed by atoms with Crippen LogP contribution >= 0.6 is 0 Å². The lowest BCUT2D eigenvalue weighted by Gasteiger charge is -2.20. The first-order chi connectivity index (χ1) is 10.6. The quantitative estimate of drug-likeness (QED) is 0.786. The molecule has 2 rings (SSSR count). The predicted molar refractivity (Wildman–Crippen MR) is 83.6 cm³/mol. The minimum absolute atomic E-state index is 0.165. The number of carboxylic acids is 1. The number of carbonyl (C=O) groups excluding carboxylic acids is 1. The summed E-state index contributed by atoms with van der Waals surface area (Å²) in [7, 11) is 0. The molecule has 120 valence electrons. The molecular formula is C18H24O4. The molecule has 1 aliphatic carbocycles. The highest BCUT2D eigenvalue weighted by Gasteiger charge is 2.28. The van der Waals surface area contributed by atoms with Gasteiger partial charge >= 0.3 is 11.9 Å². The van der Waals surface area contributed by atoms with E-state index in [0.29, 0.717) is 24.9 Å². The van der Waals surface area contributed by atoms with E-state index in [1.807, 2.05) is 18.2 Å². The molecule has 0 saturated heterocycles. The Hall–Kier alpha value is -1.84. The summed E-state index contributed by atoms with van der Waals surface area (Å²) in [5.41, 5.74) is 2.37. The van der Waals surface area contributed by atoms with Crippen LogP contribution in [0, 0.1) is 11.8 Å². The molecule has 0 aromatic heterocycles. The molecule has 4 heteroatoms. The third-order valence-corrected chi connectivity index (χ3v) is 4.53. The Labute approximate surface area is 131 Å². The van der Waals surface area contributed by atoms with Crippen molar-refractivity contribution in [1.29, 1.82) is 0 Å². The number of ether oxygens (including phenoxy) is 1. The Kier molecular flexibility index (Phi) is 5.99. The maximum Gasteiger partial charge on any atom is 0.303 e. The highest BCUT2D eigenvalue weighted by molar-refractivity contribution is 5.67. The van der Waals surface area contributed by atoms with Crippen LogP contribution < -0.4 is 0 Å². The van der Waals surface area contributed by atoms with Gasteiger partial charge in [-0.15, -0.1) is 0 Å². The second-order valence-electron chi connectivity index (χ2n) is 6.12. The molecule has 1 aliphatic rings. The number of benzene rings is 1. The number of aryl methyl sites for hydroxylation is 1. The number of aliphatic carboxylic acids is 1. The monoisotopic (exact) mass is 304 g/mol. The van der Waals surface area contributed by atoms with Crippen LogP contribution in [0.4, 0.5) is 0 Å². The lowest BCUT2D eigenvalue weighted by Crippen LogP contribution is -2.19. The van der Waals surface area contributed by atoms with Crippen LogP contribution in [0.25, 0.3) is 0 Å². The molecular weight excluding hydrogens is 280 g/mol. The van der Waals surface area contributed by atoms with E-state index in [2.05, 4.69) is 6.07 Å². The predicted octanol–water partition coefficient (Wildman–Crippen LogP) is 3.23. The van der Waals surface area contributed by atoms with Gasteiger partial charge in [-0.3, -0.25) is 9.59 Å². The van der Waals surface area contributed by atoms with E-state index < -0.39 is 5.97 Å². The summed E-state index contributed by atoms with van der Waals surface area (Å²) in [4.78, 5) is 21.8. The van der Waals surface area contributed by atoms with Crippen molar-refractivity contribution in [3.8, 4) is 0 Å². The Balaban J connectivity index is 1.99. The lowest BCUT2D eigenvalue weighted by molar-refractivity contribution is -0.142. The second-order valence-corrected chi connectivity index (χ2v) is 6.12. The van der Waals surface area contributed by atoms with E-state index in [1.165, 1.54) is 18.9 Å². The molecule has 0 radical (unpaired) electrons. The highest BCUT2D eigenvalue weighted by atomic mass is 16.5. The summed E-state index contributed by atoms with van der Waals surface area (Å²) >= 11 is 0. The molecule has 1 aromatic rings. The maximum atomic E-state index is 11.0. The maximum absolute atomic E-state index is 11.0. The van der Waals surface area contributed by atoms with Gasteiger partial charge < -0.3 is 9.84 Å². The normalized spacial score (nSPS) is 20.8. The third-order valence-electron chi connectivity index (χ3n) is 4.53. The van der Waals surface area contributed by atoms with Crippen molar-refractivity contribution in [2.24, 2.45) is 11.8 Å². The average Bonchev–Trinajstić information content (AvgIpc) is 2.91. The van der Waals surface area contributed by atoms with Gasteiger partial charge in [-0.25, -0.2) is 0 Å². The van der Waals surface area contributed by atoms with Crippen molar-refractivity contribution in [2.45, 2.75) is 45.4 Å². The molecule has 0 bridgehead atoms. The number of hydrogen-bond donors (Lipinski definition) is 1. The summed E-state index contributed by atoms with van der Waals surface area (Å²) in [6.07, 6.45) is 5.12. The first kappa shape index (κ1) is 16.5. The summed E-state index contributed by atoms with van der Waals surface area (Å²) in [6.45, 7) is 1.96. The fraction of sp³-hybridized carbons (Fsp3) is 0.556. The molecule has 1 aromatic carbocycles. The summed E-state index contributed by atoms with van der Waals surface area (Å²) in [5.74, 6) is -0.0299. The van der Waals surface area contributed by atoms with Crippen LogP contribution in [0.3, 0.4) is 0 Å². The largest absolute Gasteiger partial charge is 0.481 e. The minimum atomic E-state index is -0.761. The minimum Gasteiger partial charge on any atom is -0.481 e. The average molecular weight is 304 g/mol. The summed E-state index contributed by atoms with van der Waals surface area (Å²) in [6, 6.07) is 8.09. The molecule has 4 nitrogen and oxygen atoms in total. The van der Waals surface area contributed by atoms with Crippen molar-refractivity contribution >= 4 is 11.9 Å². The van der Waals surface area contributed by atoms with Crippen molar-refractivity contribution in [1.82, 2.24) is 0 Å². The van der Waals surface area contributed by atoms with Gasteiger partial charge in [0.2, 0.25) is 0 Å². The van der Waals surface area contributed by atoms with E-state index in [1.54, 1.807) is 0 Å². The van der Waals surface area contributed by atoms with Gasteiger partial charge in [-0.05, 0) is 48.6 Å². The molecule has 2 atom stereocenters. The molecule has 1 fully saturated rings. The van der Waals surface area contributed by atoms with Gasteiger partial charge in [0.1, 0.15) is 0 Å². The molecule has 1 saturated carbocycles. The zero-order valence-corrected chi connectivity index (χ0v) is 13.1. The smallest absolute Gasteiger partial charge is 0.303 e. The van der Waals surface area contributed by atoms with E-state index in [0.717, 1.165) is 24.8 Å². The Morgan fingerprint density at radius 1 is 1.18 bits per heavy atom. The van der Waals surface area contributed by atoms with Crippen LogP contribution in [0.1, 0.15) is 43.7 Å². The fourth-order valence-corrected chi connectivity index (χ4v) is 3.35. The van der Waals surface area contributed by atoms with Gasteiger partial charge in [0.25, 0.3) is 0 Å². The first-order valence-corrected chi connectivity index (χ1v) is 7.98. The number of rotatable bonds is 7. The number of carboxylic acid groups (broad SMARTS) is 1. The van der Waals surface area contributed by atoms with Gasteiger partial charge in [0, 0.05) is 13.3 Å². The van der Waals surface area contributed by atoms with Crippen molar-refractivity contribution < 1.29 is 19.4 Å². The van der Waals surface area contributed by atoms with Crippen molar-refractivity contribution in [3.63, 3.8) is 0 Å². The third kappa shape index (κ3) is 4.86. The fourth-order valence-electron chi connectivity index (χ4n) is 3.35. The zero-order chi connectivity index (χ0) is 15.9. The lowest BCUT2D eigenvalue weighted by atomic mass is 9.87. The molecule has 0 aliphatic heterocycles. The standard InChI is InChI=1S/C18H24O4/c1-13(19)22-12-17-8-4-7-16(17)11-15-6-3-2-5-14(15)9-10-18(20)21/h2-3,5-6,16-17H,4,7-12H2,1H3,(H,20,21). The van der Waals surface area contributed by atoms with Crippen LogP contribution in [-0.4, -0.2) is 23.7 Å².